The largest absolute Gasteiger partial charge is 0.497 e. The predicted molar refractivity (Wildman–Crippen MR) is 111 cm³/mol. The van der Waals surface area contributed by atoms with Crippen molar-refractivity contribution in [2.24, 2.45) is 0 Å². The molecule has 5 nitrogen and oxygen atoms in total. The monoisotopic (exact) mass is 369 g/mol. The first kappa shape index (κ1) is 18.1. The van der Waals surface area contributed by atoms with Crippen LogP contribution in [0, 0.1) is 6.92 Å². The average molecular weight is 369 g/mol. The molecule has 0 saturated carbocycles. The lowest BCUT2D eigenvalue weighted by Gasteiger charge is -2.14. The predicted octanol–water partition coefficient (Wildman–Crippen LogP) is 4.02. The second-order valence-electron chi connectivity index (χ2n) is 6.06. The molecule has 0 amide bonds. The molecule has 2 aromatic carbocycles. The molecule has 26 heavy (non-hydrogen) atoms. The van der Waals surface area contributed by atoms with Crippen molar-refractivity contribution in [3.8, 4) is 11.5 Å². The first-order valence-electron chi connectivity index (χ1n) is 8.44. The van der Waals surface area contributed by atoms with E-state index in [4.69, 9.17) is 21.7 Å². The first-order chi connectivity index (χ1) is 12.6. The Kier molecular flexibility index (Phi) is 5.63. The number of thiocarbonyl (C=S) groups is 1. The van der Waals surface area contributed by atoms with Crippen molar-refractivity contribution in [1.29, 1.82) is 0 Å². The summed E-state index contributed by atoms with van der Waals surface area (Å²) in [6.07, 6.45) is 2.94. The van der Waals surface area contributed by atoms with E-state index in [0.29, 0.717) is 10.9 Å². The maximum atomic E-state index is 5.41. The second-order valence-corrected chi connectivity index (χ2v) is 6.47. The van der Waals surface area contributed by atoms with Gasteiger partial charge in [0.2, 0.25) is 0 Å². The van der Waals surface area contributed by atoms with E-state index in [0.717, 1.165) is 29.9 Å². The number of aromatic nitrogens is 1. The molecular weight excluding hydrogens is 346 g/mol. The Morgan fingerprint density at radius 1 is 1.12 bits per heavy atom. The quantitative estimate of drug-likeness (QED) is 0.573. The van der Waals surface area contributed by atoms with Gasteiger partial charge in [-0.05, 0) is 55.4 Å². The summed E-state index contributed by atoms with van der Waals surface area (Å²) in [6.45, 7) is 2.84. The van der Waals surface area contributed by atoms with E-state index in [-0.39, 0.29) is 0 Å². The summed E-state index contributed by atoms with van der Waals surface area (Å²) < 4.78 is 10.6. The van der Waals surface area contributed by atoms with Gasteiger partial charge in [-0.15, -0.1) is 0 Å². The van der Waals surface area contributed by atoms with Gasteiger partial charge in [-0.25, -0.2) is 0 Å². The van der Waals surface area contributed by atoms with Gasteiger partial charge in [-0.1, -0.05) is 11.6 Å². The van der Waals surface area contributed by atoms with Gasteiger partial charge >= 0.3 is 0 Å². The van der Waals surface area contributed by atoms with E-state index in [1.165, 1.54) is 16.5 Å². The molecule has 1 aromatic heterocycles. The normalized spacial score (nSPS) is 10.6. The minimum absolute atomic E-state index is 0.549. The van der Waals surface area contributed by atoms with Crippen molar-refractivity contribution in [1.82, 2.24) is 10.3 Å². The van der Waals surface area contributed by atoms with Crippen molar-refractivity contribution in [2.75, 3.05) is 26.1 Å². The average Bonchev–Trinajstić information content (AvgIpc) is 3.03. The van der Waals surface area contributed by atoms with Crippen molar-refractivity contribution in [3.05, 3.63) is 53.7 Å². The topological polar surface area (TPSA) is 58.3 Å². The van der Waals surface area contributed by atoms with Gasteiger partial charge in [-0.2, -0.15) is 0 Å². The van der Waals surface area contributed by atoms with E-state index in [1.54, 1.807) is 14.2 Å². The van der Waals surface area contributed by atoms with Crippen LogP contribution >= 0.6 is 12.2 Å². The molecule has 0 atom stereocenters. The Balaban J connectivity index is 1.60. The number of hydrogen-bond acceptors (Lipinski definition) is 3. The molecule has 1 heterocycles. The van der Waals surface area contributed by atoms with E-state index in [9.17, 15) is 0 Å². The molecule has 3 rings (SSSR count). The summed E-state index contributed by atoms with van der Waals surface area (Å²) in [7, 11) is 3.26. The number of aromatic amines is 1. The zero-order valence-corrected chi connectivity index (χ0v) is 16.0. The summed E-state index contributed by atoms with van der Waals surface area (Å²) in [4.78, 5) is 3.31. The minimum Gasteiger partial charge on any atom is -0.497 e. The van der Waals surface area contributed by atoms with Crippen LogP contribution < -0.4 is 20.1 Å². The third-order valence-corrected chi connectivity index (χ3v) is 4.50. The molecule has 0 aliphatic carbocycles. The first-order valence-corrected chi connectivity index (χ1v) is 8.85. The van der Waals surface area contributed by atoms with Gasteiger partial charge < -0.3 is 25.1 Å². The fourth-order valence-electron chi connectivity index (χ4n) is 2.89. The van der Waals surface area contributed by atoms with E-state index >= 15 is 0 Å². The Morgan fingerprint density at radius 2 is 1.96 bits per heavy atom. The van der Waals surface area contributed by atoms with Crippen molar-refractivity contribution >= 4 is 33.9 Å². The van der Waals surface area contributed by atoms with Crippen LogP contribution in [-0.4, -0.2) is 30.9 Å². The standard InChI is InChI=1S/C20H23N3O2S/c1-13-4-6-17-16(10-13)14(12-22-17)8-9-21-20(26)23-18-11-15(24-2)5-7-19(18)25-3/h4-7,10-12,22H,8-9H2,1-3H3,(H2,21,23,26). The Bertz CT molecular complexity index is 921. The zero-order valence-electron chi connectivity index (χ0n) is 15.2. The van der Waals surface area contributed by atoms with Gasteiger partial charge in [0.25, 0.3) is 0 Å². The maximum Gasteiger partial charge on any atom is 0.170 e. The van der Waals surface area contributed by atoms with Crippen molar-refractivity contribution < 1.29 is 9.47 Å². The lowest BCUT2D eigenvalue weighted by Crippen LogP contribution is -2.30. The third-order valence-electron chi connectivity index (χ3n) is 4.26. The molecule has 0 aliphatic heterocycles. The van der Waals surface area contributed by atoms with Crippen LogP contribution in [0.3, 0.4) is 0 Å². The molecule has 0 unspecified atom stereocenters. The summed E-state index contributed by atoms with van der Waals surface area (Å²) in [5.41, 5.74) is 4.46. The van der Waals surface area contributed by atoms with Crippen LogP contribution in [0.25, 0.3) is 10.9 Å². The number of fused-ring (bicyclic) bond motifs is 1. The van der Waals surface area contributed by atoms with Gasteiger partial charge in [-0.3, -0.25) is 0 Å². The van der Waals surface area contributed by atoms with E-state index < -0.39 is 0 Å². The fraction of sp³-hybridized carbons (Fsp3) is 0.250. The highest BCUT2D eigenvalue weighted by atomic mass is 32.1. The number of methoxy groups -OCH3 is 2. The molecule has 0 radical (unpaired) electrons. The van der Waals surface area contributed by atoms with Crippen LogP contribution in [-0.2, 0) is 6.42 Å². The number of benzene rings is 2. The number of hydrogen-bond donors (Lipinski definition) is 3. The second kappa shape index (κ2) is 8.10. The number of ether oxygens (including phenoxy) is 2. The molecule has 3 N–H and O–H groups in total. The van der Waals surface area contributed by atoms with Gasteiger partial charge in [0.1, 0.15) is 11.5 Å². The molecule has 0 bridgehead atoms. The number of nitrogens with one attached hydrogen (secondary N) is 3. The van der Waals surface area contributed by atoms with Crippen LogP contribution in [0.1, 0.15) is 11.1 Å². The zero-order chi connectivity index (χ0) is 18.5. The molecule has 136 valence electrons. The Labute approximate surface area is 158 Å². The molecule has 0 saturated heterocycles. The van der Waals surface area contributed by atoms with Crippen LogP contribution in [0.15, 0.2) is 42.6 Å². The highest BCUT2D eigenvalue weighted by Crippen LogP contribution is 2.28. The third kappa shape index (κ3) is 4.08. The van der Waals surface area contributed by atoms with E-state index in [1.807, 2.05) is 18.2 Å². The lowest BCUT2D eigenvalue weighted by atomic mass is 10.1. The summed E-state index contributed by atoms with van der Waals surface area (Å²) in [5.74, 6) is 1.45. The van der Waals surface area contributed by atoms with E-state index in [2.05, 4.69) is 46.9 Å². The Hall–Kier alpha value is -2.73. The minimum atomic E-state index is 0.549. The fourth-order valence-corrected chi connectivity index (χ4v) is 3.10. The summed E-state index contributed by atoms with van der Waals surface area (Å²) >= 11 is 5.41. The number of aryl methyl sites for hydroxylation is 1. The van der Waals surface area contributed by atoms with Gasteiger partial charge in [0.15, 0.2) is 5.11 Å². The van der Waals surface area contributed by atoms with Gasteiger partial charge in [0, 0.05) is 29.7 Å². The summed E-state index contributed by atoms with van der Waals surface area (Å²) in [6, 6.07) is 12.0. The van der Waals surface area contributed by atoms with Crippen LogP contribution in [0.4, 0.5) is 5.69 Å². The van der Waals surface area contributed by atoms with Crippen LogP contribution in [0.2, 0.25) is 0 Å². The molecular formula is C20H23N3O2S. The molecule has 0 spiro atoms. The molecule has 6 heteroatoms. The maximum absolute atomic E-state index is 5.41. The van der Waals surface area contributed by atoms with Crippen molar-refractivity contribution in [2.45, 2.75) is 13.3 Å². The highest BCUT2D eigenvalue weighted by molar-refractivity contribution is 7.80. The van der Waals surface area contributed by atoms with Crippen molar-refractivity contribution in [3.63, 3.8) is 0 Å². The molecule has 3 aromatic rings. The smallest absolute Gasteiger partial charge is 0.170 e. The SMILES string of the molecule is COc1ccc(OC)c(NC(=S)NCCc2c[nH]c3ccc(C)cc23)c1. The number of H-pyrrole nitrogens is 1. The van der Waals surface area contributed by atoms with Gasteiger partial charge in [0.05, 0.1) is 19.9 Å². The Morgan fingerprint density at radius 3 is 2.73 bits per heavy atom. The lowest BCUT2D eigenvalue weighted by molar-refractivity contribution is 0.405. The molecule has 0 fully saturated rings. The number of rotatable bonds is 6. The molecule has 0 aliphatic rings. The van der Waals surface area contributed by atoms with Crippen LogP contribution in [0.5, 0.6) is 11.5 Å². The summed E-state index contributed by atoms with van der Waals surface area (Å²) in [5, 5.41) is 8.23. The number of anilines is 1. The highest BCUT2D eigenvalue weighted by Gasteiger charge is 2.08.